The first-order valence-corrected chi connectivity index (χ1v) is 8.84. The molecule has 0 aliphatic heterocycles. The molecule has 4 rings (SSSR count). The Kier molecular flexibility index (Phi) is 5.20. The number of rotatable bonds is 4. The summed E-state index contributed by atoms with van der Waals surface area (Å²) in [5.74, 6) is -4.58. The summed E-state index contributed by atoms with van der Waals surface area (Å²) in [6.07, 6.45) is 2.59. The molecular formula is C21H12F4N4O2. The van der Waals surface area contributed by atoms with Crippen LogP contribution in [0, 0.1) is 23.3 Å². The highest BCUT2D eigenvalue weighted by atomic mass is 19.1. The van der Waals surface area contributed by atoms with Gasteiger partial charge in [-0.15, -0.1) is 0 Å². The van der Waals surface area contributed by atoms with Gasteiger partial charge in [-0.1, -0.05) is 5.16 Å². The van der Waals surface area contributed by atoms with Crippen LogP contribution in [0.15, 0.2) is 59.5 Å². The van der Waals surface area contributed by atoms with Crippen LogP contribution in [0.4, 0.5) is 29.1 Å². The molecule has 0 aliphatic carbocycles. The maximum absolute atomic E-state index is 14.5. The number of halogens is 4. The molecule has 31 heavy (non-hydrogen) atoms. The summed E-state index contributed by atoms with van der Waals surface area (Å²) in [5, 5.41) is 3.84. The molecule has 0 atom stereocenters. The van der Waals surface area contributed by atoms with Gasteiger partial charge in [-0.3, -0.25) is 4.79 Å². The van der Waals surface area contributed by atoms with Crippen LogP contribution in [0.1, 0.15) is 6.92 Å². The van der Waals surface area contributed by atoms with Gasteiger partial charge in [0.15, 0.2) is 0 Å². The molecule has 1 amide bonds. The van der Waals surface area contributed by atoms with E-state index in [0.717, 1.165) is 36.1 Å². The largest absolute Gasteiger partial charge is 0.336 e. The van der Waals surface area contributed by atoms with Gasteiger partial charge in [-0.25, -0.2) is 32.4 Å². The molecule has 2 heterocycles. The van der Waals surface area contributed by atoms with Gasteiger partial charge in [0.2, 0.25) is 11.8 Å². The van der Waals surface area contributed by atoms with Crippen LogP contribution in [-0.2, 0) is 4.79 Å². The molecule has 6 nitrogen and oxygen atoms in total. The van der Waals surface area contributed by atoms with E-state index in [2.05, 4.69) is 15.1 Å². The lowest BCUT2D eigenvalue weighted by Gasteiger charge is -2.19. The maximum atomic E-state index is 14.5. The fraction of sp³-hybridized carbons (Fsp3) is 0.0476. The quantitative estimate of drug-likeness (QED) is 0.426. The molecule has 156 valence electrons. The zero-order chi connectivity index (χ0) is 22.1. The minimum absolute atomic E-state index is 0.0341. The molecule has 0 unspecified atom stereocenters. The second-order valence-corrected chi connectivity index (χ2v) is 6.38. The second-order valence-electron chi connectivity index (χ2n) is 6.38. The number of anilines is 2. The van der Waals surface area contributed by atoms with Gasteiger partial charge in [0.05, 0.1) is 16.9 Å². The lowest BCUT2D eigenvalue weighted by Crippen LogP contribution is -2.24. The molecule has 10 heteroatoms. The first-order valence-electron chi connectivity index (χ1n) is 8.84. The van der Waals surface area contributed by atoms with Crippen molar-refractivity contribution in [3.63, 3.8) is 0 Å². The number of hydrogen-bond donors (Lipinski definition) is 0. The first-order chi connectivity index (χ1) is 14.9. The Morgan fingerprint density at radius 3 is 2.29 bits per heavy atom. The van der Waals surface area contributed by atoms with E-state index in [-0.39, 0.29) is 34.1 Å². The minimum atomic E-state index is -1.03. The molecule has 0 bridgehead atoms. The van der Waals surface area contributed by atoms with Gasteiger partial charge in [0, 0.05) is 30.8 Å². The fourth-order valence-corrected chi connectivity index (χ4v) is 3.05. The van der Waals surface area contributed by atoms with E-state index in [1.165, 1.54) is 18.6 Å². The van der Waals surface area contributed by atoms with E-state index in [0.29, 0.717) is 12.1 Å². The van der Waals surface area contributed by atoms with E-state index >= 15 is 0 Å². The van der Waals surface area contributed by atoms with Crippen LogP contribution in [-0.4, -0.2) is 21.0 Å². The van der Waals surface area contributed by atoms with E-state index in [9.17, 15) is 22.4 Å². The molecule has 0 radical (unpaired) electrons. The Balaban J connectivity index is 1.99. The van der Waals surface area contributed by atoms with Crippen molar-refractivity contribution in [2.45, 2.75) is 6.92 Å². The summed E-state index contributed by atoms with van der Waals surface area (Å²) in [5.41, 5.74) is -0.329. The topological polar surface area (TPSA) is 72.1 Å². The van der Waals surface area contributed by atoms with Crippen molar-refractivity contribution in [3.05, 3.63) is 78.3 Å². The van der Waals surface area contributed by atoms with Crippen molar-refractivity contribution in [2.24, 2.45) is 0 Å². The van der Waals surface area contributed by atoms with Crippen molar-refractivity contribution < 1.29 is 26.9 Å². The summed E-state index contributed by atoms with van der Waals surface area (Å²) in [6, 6.07) is 6.90. The Bertz CT molecular complexity index is 1280. The van der Waals surface area contributed by atoms with Gasteiger partial charge < -0.3 is 4.52 Å². The summed E-state index contributed by atoms with van der Waals surface area (Å²) >= 11 is 0. The van der Waals surface area contributed by atoms with Crippen LogP contribution in [0.3, 0.4) is 0 Å². The maximum Gasteiger partial charge on any atom is 0.248 e. The average Bonchev–Trinajstić information content (AvgIpc) is 3.14. The smallest absolute Gasteiger partial charge is 0.248 e. The first kappa shape index (κ1) is 20.2. The number of carbonyl (C=O) groups is 1. The highest BCUT2D eigenvalue weighted by Crippen LogP contribution is 2.42. The van der Waals surface area contributed by atoms with E-state index in [4.69, 9.17) is 4.52 Å². The minimum Gasteiger partial charge on any atom is -0.336 e. The number of amides is 1. The molecule has 2 aromatic heterocycles. The number of aromatic nitrogens is 3. The standard InChI is InChI=1S/C21H12F4N4O2/c1-11(30)29(18-5-3-13(23)9-16(18)25)21-19(17-6-7-26-10-27-17)20(28-31-21)14-4-2-12(22)8-15(14)24/h2-10H,1H3. The molecule has 0 saturated heterocycles. The lowest BCUT2D eigenvalue weighted by molar-refractivity contribution is -0.116. The predicted molar refractivity (Wildman–Crippen MR) is 102 cm³/mol. The predicted octanol–water partition coefficient (Wildman–Crippen LogP) is 5.04. The van der Waals surface area contributed by atoms with Crippen molar-refractivity contribution in [1.82, 2.24) is 15.1 Å². The molecule has 0 spiro atoms. The van der Waals surface area contributed by atoms with Gasteiger partial charge in [0.1, 0.15) is 35.3 Å². The van der Waals surface area contributed by atoms with Crippen molar-refractivity contribution in [2.75, 3.05) is 4.90 Å². The second kappa shape index (κ2) is 7.98. The molecule has 0 N–H and O–H groups in total. The van der Waals surface area contributed by atoms with Crippen LogP contribution >= 0.6 is 0 Å². The zero-order valence-corrected chi connectivity index (χ0v) is 15.8. The summed E-state index contributed by atoms with van der Waals surface area (Å²) < 4.78 is 61.1. The Hall–Kier alpha value is -4.08. The molecular weight excluding hydrogens is 416 g/mol. The third-order valence-electron chi connectivity index (χ3n) is 4.37. The molecule has 2 aromatic carbocycles. The van der Waals surface area contributed by atoms with Crippen LogP contribution in [0.25, 0.3) is 22.5 Å². The number of carbonyl (C=O) groups excluding carboxylic acids is 1. The van der Waals surface area contributed by atoms with Crippen LogP contribution in [0.5, 0.6) is 0 Å². The monoisotopic (exact) mass is 428 g/mol. The Morgan fingerprint density at radius 2 is 1.68 bits per heavy atom. The SMILES string of the molecule is CC(=O)N(c1ccc(F)cc1F)c1onc(-c2ccc(F)cc2F)c1-c1ccncn1. The summed E-state index contributed by atoms with van der Waals surface area (Å²) in [6.45, 7) is 1.13. The molecule has 0 fully saturated rings. The average molecular weight is 428 g/mol. The van der Waals surface area contributed by atoms with Crippen LogP contribution in [0.2, 0.25) is 0 Å². The fourth-order valence-electron chi connectivity index (χ4n) is 3.05. The van der Waals surface area contributed by atoms with Crippen LogP contribution < -0.4 is 4.90 Å². The van der Waals surface area contributed by atoms with Gasteiger partial charge in [0.25, 0.3) is 0 Å². The van der Waals surface area contributed by atoms with E-state index in [1.807, 2.05) is 0 Å². The zero-order valence-electron chi connectivity index (χ0n) is 15.8. The highest BCUT2D eigenvalue weighted by molar-refractivity contribution is 6.03. The highest BCUT2D eigenvalue weighted by Gasteiger charge is 2.30. The van der Waals surface area contributed by atoms with E-state index < -0.39 is 29.2 Å². The third-order valence-corrected chi connectivity index (χ3v) is 4.37. The Morgan fingerprint density at radius 1 is 0.968 bits per heavy atom. The normalized spacial score (nSPS) is 10.9. The summed E-state index contributed by atoms with van der Waals surface area (Å²) in [4.78, 5) is 21.2. The Labute approximate surface area is 172 Å². The third kappa shape index (κ3) is 3.75. The summed E-state index contributed by atoms with van der Waals surface area (Å²) in [7, 11) is 0. The van der Waals surface area contributed by atoms with Gasteiger partial charge in [-0.2, -0.15) is 0 Å². The van der Waals surface area contributed by atoms with E-state index in [1.54, 1.807) is 0 Å². The molecule has 0 saturated carbocycles. The number of hydrogen-bond acceptors (Lipinski definition) is 5. The number of nitrogens with zero attached hydrogens (tertiary/aromatic N) is 4. The van der Waals surface area contributed by atoms with Crippen molar-refractivity contribution >= 4 is 17.5 Å². The van der Waals surface area contributed by atoms with Crippen molar-refractivity contribution in [1.29, 1.82) is 0 Å². The van der Waals surface area contributed by atoms with Gasteiger partial charge >= 0.3 is 0 Å². The molecule has 4 aromatic rings. The lowest BCUT2D eigenvalue weighted by atomic mass is 10.0. The number of benzene rings is 2. The van der Waals surface area contributed by atoms with Gasteiger partial charge in [-0.05, 0) is 30.3 Å². The van der Waals surface area contributed by atoms with Crippen molar-refractivity contribution in [3.8, 4) is 22.5 Å². The molecule has 0 aliphatic rings.